The maximum Gasteiger partial charge on any atom is 0.124 e. The van der Waals surface area contributed by atoms with Crippen molar-refractivity contribution in [2.24, 2.45) is 9.98 Å². The van der Waals surface area contributed by atoms with E-state index >= 15 is 0 Å². The Hall–Kier alpha value is -2.88. The Bertz CT molecular complexity index is 711. The van der Waals surface area contributed by atoms with Gasteiger partial charge in [-0.25, -0.2) is 0 Å². The summed E-state index contributed by atoms with van der Waals surface area (Å²) in [6.45, 7) is 4.03. The SMILES string of the molecule is CC/C(N=Cc1ccccc1O)=C(/CC)N=Cc1ccccc1O. The summed E-state index contributed by atoms with van der Waals surface area (Å²) >= 11 is 0. The van der Waals surface area contributed by atoms with Gasteiger partial charge in [0.05, 0.1) is 11.4 Å². The zero-order valence-electron chi connectivity index (χ0n) is 14.0. The third kappa shape index (κ3) is 4.56. The number of benzene rings is 2. The molecule has 4 nitrogen and oxygen atoms in total. The second kappa shape index (κ2) is 8.67. The quantitative estimate of drug-likeness (QED) is 0.759. The molecule has 2 N–H and O–H groups in total. The van der Waals surface area contributed by atoms with Gasteiger partial charge in [-0.15, -0.1) is 0 Å². The molecule has 0 aromatic heterocycles. The first-order valence-electron chi connectivity index (χ1n) is 8.01. The van der Waals surface area contributed by atoms with E-state index in [1.807, 2.05) is 38.1 Å². The number of aromatic hydroxyl groups is 2. The monoisotopic (exact) mass is 322 g/mol. The van der Waals surface area contributed by atoms with Crippen LogP contribution in [0.25, 0.3) is 0 Å². The van der Waals surface area contributed by atoms with E-state index < -0.39 is 0 Å². The highest BCUT2D eigenvalue weighted by Crippen LogP contribution is 2.19. The largest absolute Gasteiger partial charge is 0.507 e. The van der Waals surface area contributed by atoms with Crippen LogP contribution in [-0.2, 0) is 0 Å². The van der Waals surface area contributed by atoms with Crippen molar-refractivity contribution in [2.45, 2.75) is 26.7 Å². The molecule has 0 saturated carbocycles. The van der Waals surface area contributed by atoms with Gasteiger partial charge in [0.1, 0.15) is 11.5 Å². The second-order valence-corrected chi connectivity index (χ2v) is 5.23. The molecule has 2 aromatic rings. The van der Waals surface area contributed by atoms with Crippen molar-refractivity contribution in [3.8, 4) is 11.5 Å². The first-order valence-corrected chi connectivity index (χ1v) is 8.01. The smallest absolute Gasteiger partial charge is 0.124 e. The Labute approximate surface area is 142 Å². The van der Waals surface area contributed by atoms with E-state index in [1.54, 1.807) is 36.7 Å². The molecule has 2 aromatic carbocycles. The van der Waals surface area contributed by atoms with Crippen molar-refractivity contribution in [1.29, 1.82) is 0 Å². The van der Waals surface area contributed by atoms with Crippen LogP contribution in [0.5, 0.6) is 11.5 Å². The lowest BCUT2D eigenvalue weighted by molar-refractivity contribution is 0.474. The van der Waals surface area contributed by atoms with Gasteiger partial charge >= 0.3 is 0 Å². The molecule has 0 spiro atoms. The van der Waals surface area contributed by atoms with E-state index in [4.69, 9.17) is 0 Å². The summed E-state index contributed by atoms with van der Waals surface area (Å²) in [6, 6.07) is 14.1. The highest BCUT2D eigenvalue weighted by Gasteiger charge is 2.03. The molecule has 0 radical (unpaired) electrons. The number of para-hydroxylation sites is 2. The first-order chi connectivity index (χ1) is 11.7. The number of phenolic OH excluding ortho intramolecular Hbond substituents is 2. The van der Waals surface area contributed by atoms with Gasteiger partial charge in [-0.2, -0.15) is 0 Å². The van der Waals surface area contributed by atoms with Crippen LogP contribution in [0.15, 0.2) is 69.9 Å². The Morgan fingerprint density at radius 3 is 1.46 bits per heavy atom. The maximum absolute atomic E-state index is 9.81. The lowest BCUT2D eigenvalue weighted by atomic mass is 10.2. The average molecular weight is 322 g/mol. The summed E-state index contributed by atoms with van der Waals surface area (Å²) < 4.78 is 0. The van der Waals surface area contributed by atoms with E-state index in [0.717, 1.165) is 24.2 Å². The van der Waals surface area contributed by atoms with Crippen LogP contribution in [0.2, 0.25) is 0 Å². The van der Waals surface area contributed by atoms with Crippen LogP contribution in [-0.4, -0.2) is 22.6 Å². The van der Waals surface area contributed by atoms with E-state index in [0.29, 0.717) is 11.1 Å². The molecular weight excluding hydrogens is 300 g/mol. The molecule has 0 aliphatic carbocycles. The van der Waals surface area contributed by atoms with Gasteiger partial charge in [-0.3, -0.25) is 9.98 Å². The molecule has 0 aliphatic heterocycles. The van der Waals surface area contributed by atoms with Gasteiger partial charge in [0.15, 0.2) is 0 Å². The number of aliphatic imine (C=N–C) groups is 2. The molecule has 124 valence electrons. The second-order valence-electron chi connectivity index (χ2n) is 5.23. The fourth-order valence-corrected chi connectivity index (χ4v) is 2.23. The van der Waals surface area contributed by atoms with Gasteiger partial charge in [-0.05, 0) is 37.1 Å². The van der Waals surface area contributed by atoms with E-state index in [9.17, 15) is 10.2 Å². The predicted molar refractivity (Wildman–Crippen MR) is 99.0 cm³/mol. The topological polar surface area (TPSA) is 65.2 Å². The Morgan fingerprint density at radius 2 is 1.12 bits per heavy atom. The normalized spacial score (nSPS) is 12.8. The predicted octanol–water partition coefficient (Wildman–Crippen LogP) is 4.67. The third-order valence-electron chi connectivity index (χ3n) is 3.60. The van der Waals surface area contributed by atoms with Crippen molar-refractivity contribution >= 4 is 12.4 Å². The van der Waals surface area contributed by atoms with Crippen LogP contribution >= 0.6 is 0 Å². The van der Waals surface area contributed by atoms with Crippen molar-refractivity contribution in [3.05, 3.63) is 71.1 Å². The van der Waals surface area contributed by atoms with Crippen LogP contribution in [0.1, 0.15) is 37.8 Å². The first kappa shape index (κ1) is 17.5. The zero-order chi connectivity index (χ0) is 17.4. The molecule has 0 bridgehead atoms. The lowest BCUT2D eigenvalue weighted by Gasteiger charge is -2.05. The minimum Gasteiger partial charge on any atom is -0.507 e. The molecule has 0 unspecified atom stereocenters. The summed E-state index contributed by atoms with van der Waals surface area (Å²) in [7, 11) is 0. The third-order valence-corrected chi connectivity index (χ3v) is 3.60. The molecule has 4 heteroatoms. The molecular formula is C20H22N2O2. The number of nitrogens with zero attached hydrogens (tertiary/aromatic N) is 2. The number of allylic oxidation sites excluding steroid dienone is 2. The Kier molecular flexibility index (Phi) is 6.32. The highest BCUT2D eigenvalue weighted by atomic mass is 16.3. The summed E-state index contributed by atoms with van der Waals surface area (Å²) in [5.74, 6) is 0.403. The van der Waals surface area contributed by atoms with E-state index in [2.05, 4.69) is 9.98 Å². The summed E-state index contributed by atoms with van der Waals surface area (Å²) in [6.07, 6.45) is 4.76. The van der Waals surface area contributed by atoms with Crippen LogP contribution in [0.4, 0.5) is 0 Å². The standard InChI is InChI=1S/C20H22N2O2/c1-3-17(21-13-15-9-5-7-11-19(15)23)18(4-2)22-14-16-10-6-8-12-20(16)24/h5-14,23-24H,3-4H2,1-2H3/b18-17+,21-13?,22-14?. The van der Waals surface area contributed by atoms with Gasteiger partial charge in [0.25, 0.3) is 0 Å². The summed E-state index contributed by atoms with van der Waals surface area (Å²) in [5.41, 5.74) is 3.05. The van der Waals surface area contributed by atoms with Gasteiger partial charge in [-0.1, -0.05) is 38.1 Å². The average Bonchev–Trinajstić information content (AvgIpc) is 2.60. The Balaban J connectivity index is 2.29. The summed E-state index contributed by atoms with van der Waals surface area (Å²) in [5, 5.41) is 19.6. The number of hydrogen-bond donors (Lipinski definition) is 2. The van der Waals surface area contributed by atoms with Crippen LogP contribution in [0, 0.1) is 0 Å². The fourth-order valence-electron chi connectivity index (χ4n) is 2.23. The van der Waals surface area contributed by atoms with Gasteiger partial charge in [0.2, 0.25) is 0 Å². The van der Waals surface area contributed by atoms with Crippen molar-refractivity contribution in [1.82, 2.24) is 0 Å². The van der Waals surface area contributed by atoms with Gasteiger partial charge in [0, 0.05) is 23.6 Å². The minimum atomic E-state index is 0.201. The molecule has 0 heterocycles. The lowest BCUT2D eigenvalue weighted by Crippen LogP contribution is -1.90. The molecule has 2 rings (SSSR count). The molecule has 0 aliphatic rings. The number of phenols is 2. The number of hydrogen-bond acceptors (Lipinski definition) is 4. The molecule has 24 heavy (non-hydrogen) atoms. The summed E-state index contributed by atoms with van der Waals surface area (Å²) in [4.78, 5) is 9.00. The Morgan fingerprint density at radius 1 is 0.750 bits per heavy atom. The van der Waals surface area contributed by atoms with Crippen LogP contribution < -0.4 is 0 Å². The van der Waals surface area contributed by atoms with Crippen molar-refractivity contribution in [3.63, 3.8) is 0 Å². The van der Waals surface area contributed by atoms with E-state index in [-0.39, 0.29) is 11.5 Å². The fraction of sp³-hybridized carbons (Fsp3) is 0.200. The van der Waals surface area contributed by atoms with Crippen LogP contribution in [0.3, 0.4) is 0 Å². The minimum absolute atomic E-state index is 0.201. The molecule has 0 amide bonds. The van der Waals surface area contributed by atoms with Gasteiger partial charge < -0.3 is 10.2 Å². The van der Waals surface area contributed by atoms with Crippen molar-refractivity contribution in [2.75, 3.05) is 0 Å². The van der Waals surface area contributed by atoms with Crippen molar-refractivity contribution < 1.29 is 10.2 Å². The maximum atomic E-state index is 9.81. The highest BCUT2D eigenvalue weighted by molar-refractivity contribution is 5.85. The van der Waals surface area contributed by atoms with E-state index in [1.165, 1.54) is 0 Å². The zero-order valence-corrected chi connectivity index (χ0v) is 14.0. The molecule has 0 fully saturated rings. The molecule has 0 atom stereocenters. The molecule has 0 saturated heterocycles. The number of rotatable bonds is 6.